The van der Waals surface area contributed by atoms with E-state index in [-0.39, 0.29) is 17.9 Å². The molecule has 0 aliphatic carbocycles. The summed E-state index contributed by atoms with van der Waals surface area (Å²) in [5.74, 6) is -1.81. The molecular weight excluding hydrogens is 324 g/mol. The van der Waals surface area contributed by atoms with E-state index in [9.17, 15) is 13.6 Å². The maximum absolute atomic E-state index is 13.6. The van der Waals surface area contributed by atoms with E-state index < -0.39 is 17.6 Å². The van der Waals surface area contributed by atoms with Crippen molar-refractivity contribution in [2.45, 2.75) is 13.5 Å². The fourth-order valence-corrected chi connectivity index (χ4v) is 1.89. The predicted octanol–water partition coefficient (Wildman–Crippen LogP) is 3.45. The minimum absolute atomic E-state index is 0.0647. The molecule has 0 fully saturated rings. The first-order valence-corrected chi connectivity index (χ1v) is 6.01. The fourth-order valence-electron chi connectivity index (χ4n) is 1.41. The molecule has 0 bridgehead atoms. The molecule has 0 radical (unpaired) electrons. The van der Waals surface area contributed by atoms with Crippen LogP contribution in [0.3, 0.4) is 0 Å². The van der Waals surface area contributed by atoms with Crippen LogP contribution in [0.5, 0.6) is 0 Å². The number of hydrogen-bond donors (Lipinski definition) is 0. The van der Waals surface area contributed by atoms with Crippen LogP contribution in [0.1, 0.15) is 12.6 Å². The molecule has 1 heterocycles. The molecule has 0 atom stereocenters. The normalized spacial score (nSPS) is 10.5. The minimum atomic E-state index is -0.768. The lowest BCUT2D eigenvalue weighted by atomic mass is 10.1. The lowest BCUT2D eigenvalue weighted by molar-refractivity contribution is -0.142. The van der Waals surface area contributed by atoms with E-state index in [4.69, 9.17) is 9.26 Å². The molecular formula is C12H8BrF2NO3. The third-order valence-corrected chi connectivity index (χ3v) is 3.11. The van der Waals surface area contributed by atoms with Gasteiger partial charge in [0.2, 0.25) is 0 Å². The lowest BCUT2D eigenvalue weighted by Gasteiger charge is -2.00. The van der Waals surface area contributed by atoms with Crippen LogP contribution in [0, 0.1) is 11.6 Å². The van der Waals surface area contributed by atoms with Gasteiger partial charge in [-0.05, 0) is 28.1 Å². The quantitative estimate of drug-likeness (QED) is 0.808. The molecule has 4 nitrogen and oxygen atoms in total. The zero-order valence-electron chi connectivity index (χ0n) is 9.75. The van der Waals surface area contributed by atoms with Crippen LogP contribution in [0.4, 0.5) is 8.78 Å². The van der Waals surface area contributed by atoms with E-state index in [0.29, 0.717) is 10.2 Å². The summed E-state index contributed by atoms with van der Waals surface area (Å²) >= 11 is 3.18. The van der Waals surface area contributed by atoms with Crippen LogP contribution in [0.25, 0.3) is 11.3 Å². The number of carbonyl (C=O) groups is 1. The number of carbonyl (C=O) groups excluding carboxylic acids is 1. The largest absolute Gasteiger partial charge is 0.459 e. The van der Waals surface area contributed by atoms with E-state index in [1.54, 1.807) is 0 Å². The highest BCUT2D eigenvalue weighted by Gasteiger charge is 2.19. The Hall–Kier alpha value is -1.76. The molecule has 0 saturated carbocycles. The van der Waals surface area contributed by atoms with Gasteiger partial charge in [0.25, 0.3) is 0 Å². The molecule has 100 valence electrons. The fraction of sp³-hybridized carbons (Fsp3) is 0.167. The molecule has 2 aromatic rings. The molecule has 0 aliphatic heterocycles. The SMILES string of the molecule is CC(=O)OCc1noc(-c2ccc(F)cc2F)c1Br. The average Bonchev–Trinajstić information content (AvgIpc) is 2.68. The van der Waals surface area contributed by atoms with Gasteiger partial charge < -0.3 is 9.26 Å². The van der Waals surface area contributed by atoms with Crippen molar-refractivity contribution in [2.24, 2.45) is 0 Å². The first-order chi connectivity index (χ1) is 8.99. The molecule has 19 heavy (non-hydrogen) atoms. The second-order valence-corrected chi connectivity index (χ2v) is 4.47. The topological polar surface area (TPSA) is 52.3 Å². The third kappa shape index (κ3) is 2.98. The Morgan fingerprint density at radius 3 is 2.84 bits per heavy atom. The van der Waals surface area contributed by atoms with Gasteiger partial charge in [0.15, 0.2) is 5.76 Å². The summed E-state index contributed by atoms with van der Waals surface area (Å²) in [4.78, 5) is 10.7. The monoisotopic (exact) mass is 331 g/mol. The number of rotatable bonds is 3. The van der Waals surface area contributed by atoms with Gasteiger partial charge in [-0.2, -0.15) is 0 Å². The Kier molecular flexibility index (Phi) is 3.94. The Morgan fingerprint density at radius 2 is 2.21 bits per heavy atom. The highest BCUT2D eigenvalue weighted by Crippen LogP contribution is 2.33. The first-order valence-electron chi connectivity index (χ1n) is 5.22. The molecule has 0 unspecified atom stereocenters. The van der Waals surface area contributed by atoms with Crippen molar-refractivity contribution in [1.29, 1.82) is 0 Å². The van der Waals surface area contributed by atoms with E-state index in [1.165, 1.54) is 13.0 Å². The van der Waals surface area contributed by atoms with Gasteiger partial charge >= 0.3 is 5.97 Å². The van der Waals surface area contributed by atoms with Crippen LogP contribution in [-0.4, -0.2) is 11.1 Å². The summed E-state index contributed by atoms with van der Waals surface area (Å²) in [6, 6.07) is 3.10. The molecule has 0 spiro atoms. The third-order valence-electron chi connectivity index (χ3n) is 2.29. The number of hydrogen-bond acceptors (Lipinski definition) is 4. The highest BCUT2D eigenvalue weighted by atomic mass is 79.9. The van der Waals surface area contributed by atoms with E-state index in [1.807, 2.05) is 0 Å². The summed E-state index contributed by atoms with van der Waals surface area (Å²) in [5, 5.41) is 3.67. The van der Waals surface area contributed by atoms with E-state index >= 15 is 0 Å². The van der Waals surface area contributed by atoms with Gasteiger partial charge in [0, 0.05) is 13.0 Å². The smallest absolute Gasteiger partial charge is 0.303 e. The molecule has 2 rings (SSSR count). The van der Waals surface area contributed by atoms with Crippen molar-refractivity contribution in [2.75, 3.05) is 0 Å². The van der Waals surface area contributed by atoms with E-state index in [2.05, 4.69) is 21.1 Å². The van der Waals surface area contributed by atoms with Gasteiger partial charge in [-0.3, -0.25) is 4.79 Å². The molecule has 7 heteroatoms. The maximum atomic E-state index is 13.6. The summed E-state index contributed by atoms with van der Waals surface area (Å²) in [5.41, 5.74) is 0.378. The molecule has 1 aromatic carbocycles. The Morgan fingerprint density at radius 1 is 1.47 bits per heavy atom. The Balaban J connectivity index is 2.33. The molecule has 1 aromatic heterocycles. The summed E-state index contributed by atoms with van der Waals surface area (Å²) in [6.45, 7) is 1.16. The Labute approximate surface area is 115 Å². The van der Waals surface area contributed by atoms with Crippen LogP contribution in [0.2, 0.25) is 0 Å². The number of nitrogens with zero attached hydrogens (tertiary/aromatic N) is 1. The van der Waals surface area contributed by atoms with Crippen molar-refractivity contribution in [1.82, 2.24) is 5.16 Å². The van der Waals surface area contributed by atoms with Crippen molar-refractivity contribution in [3.8, 4) is 11.3 Å². The van der Waals surface area contributed by atoms with Crippen LogP contribution >= 0.6 is 15.9 Å². The number of halogens is 3. The van der Waals surface area contributed by atoms with Crippen molar-refractivity contribution >= 4 is 21.9 Å². The number of esters is 1. The zero-order chi connectivity index (χ0) is 14.0. The van der Waals surface area contributed by atoms with Crippen molar-refractivity contribution in [3.05, 3.63) is 40.0 Å². The molecule has 0 saturated heterocycles. The number of ether oxygens (including phenoxy) is 1. The molecule has 0 aliphatic rings. The maximum Gasteiger partial charge on any atom is 0.303 e. The van der Waals surface area contributed by atoms with Crippen LogP contribution in [-0.2, 0) is 16.1 Å². The van der Waals surface area contributed by atoms with Gasteiger partial charge in [-0.1, -0.05) is 5.16 Å². The second-order valence-electron chi connectivity index (χ2n) is 3.68. The second kappa shape index (κ2) is 5.48. The Bertz CT molecular complexity index is 627. The predicted molar refractivity (Wildman–Crippen MR) is 65.0 cm³/mol. The van der Waals surface area contributed by atoms with E-state index in [0.717, 1.165) is 12.1 Å². The summed E-state index contributed by atoms with van der Waals surface area (Å²) < 4.78 is 36.5. The number of benzene rings is 1. The van der Waals surface area contributed by atoms with Gasteiger partial charge in [-0.25, -0.2) is 8.78 Å². The van der Waals surface area contributed by atoms with Gasteiger partial charge in [-0.15, -0.1) is 0 Å². The molecule has 0 amide bonds. The average molecular weight is 332 g/mol. The van der Waals surface area contributed by atoms with Gasteiger partial charge in [0.05, 0.1) is 10.0 Å². The van der Waals surface area contributed by atoms with Crippen LogP contribution in [0.15, 0.2) is 27.2 Å². The van der Waals surface area contributed by atoms with Crippen molar-refractivity contribution in [3.63, 3.8) is 0 Å². The summed E-state index contributed by atoms with van der Waals surface area (Å²) in [7, 11) is 0. The standard InChI is InChI=1S/C12H8BrF2NO3/c1-6(17)18-5-10-11(13)12(19-16-10)8-3-2-7(14)4-9(8)15/h2-4H,5H2,1H3. The summed E-state index contributed by atoms with van der Waals surface area (Å²) in [6.07, 6.45) is 0. The lowest BCUT2D eigenvalue weighted by Crippen LogP contribution is -1.99. The minimum Gasteiger partial charge on any atom is -0.459 e. The zero-order valence-corrected chi connectivity index (χ0v) is 11.3. The van der Waals surface area contributed by atoms with Crippen molar-refractivity contribution < 1.29 is 22.8 Å². The van der Waals surface area contributed by atoms with Gasteiger partial charge in [0.1, 0.15) is 23.9 Å². The highest BCUT2D eigenvalue weighted by molar-refractivity contribution is 9.10. The first kappa shape index (κ1) is 13.7. The van der Waals surface area contributed by atoms with Crippen LogP contribution < -0.4 is 0 Å². The molecule has 0 N–H and O–H groups in total. The number of aromatic nitrogens is 1.